The first-order valence-corrected chi connectivity index (χ1v) is 8.88. The molecule has 0 unspecified atom stereocenters. The van der Waals surface area contributed by atoms with Gasteiger partial charge in [0.15, 0.2) is 5.78 Å². The van der Waals surface area contributed by atoms with Gasteiger partial charge in [-0.3, -0.25) is 9.59 Å². The van der Waals surface area contributed by atoms with Crippen LogP contribution in [0.5, 0.6) is 5.75 Å². The third-order valence-electron chi connectivity index (χ3n) is 3.45. The van der Waals surface area contributed by atoms with Gasteiger partial charge in [-0.25, -0.2) is 0 Å². The number of anilines is 1. The Bertz CT molecular complexity index is 846. The van der Waals surface area contributed by atoms with Crippen molar-refractivity contribution >= 4 is 33.5 Å². The summed E-state index contributed by atoms with van der Waals surface area (Å²) in [7, 11) is 0. The minimum absolute atomic E-state index is 0.109. The van der Waals surface area contributed by atoms with Crippen LogP contribution in [0.2, 0.25) is 0 Å². The van der Waals surface area contributed by atoms with Crippen LogP contribution in [0.15, 0.2) is 57.8 Å². The van der Waals surface area contributed by atoms with Crippen LogP contribution in [0.4, 0.5) is 5.69 Å². The minimum Gasteiger partial charge on any atom is -0.493 e. The van der Waals surface area contributed by atoms with Gasteiger partial charge in [0.2, 0.25) is 5.43 Å². The number of nitrogens with one attached hydrogen (secondary N) is 1. The molecule has 2 rings (SSSR count). The molecule has 25 heavy (non-hydrogen) atoms. The molecule has 4 nitrogen and oxygen atoms in total. The van der Waals surface area contributed by atoms with Crippen LogP contribution in [-0.2, 0) is 0 Å². The zero-order chi connectivity index (χ0) is 18.2. The molecular formula is C20H20BrNO3. The first-order valence-electron chi connectivity index (χ1n) is 8.08. The van der Waals surface area contributed by atoms with Crippen LogP contribution in [0.3, 0.4) is 0 Å². The van der Waals surface area contributed by atoms with E-state index < -0.39 is 0 Å². The van der Waals surface area contributed by atoms with Gasteiger partial charge in [0.25, 0.3) is 0 Å². The molecule has 0 atom stereocenters. The van der Waals surface area contributed by atoms with Crippen molar-refractivity contribution in [3.05, 3.63) is 74.4 Å². The smallest absolute Gasteiger partial charge is 0.212 e. The third-order valence-corrected chi connectivity index (χ3v) is 3.94. The lowest BCUT2D eigenvalue weighted by Gasteiger charge is -2.06. The summed E-state index contributed by atoms with van der Waals surface area (Å²) >= 11 is 3.35. The molecule has 0 spiro atoms. The highest BCUT2D eigenvalue weighted by Crippen LogP contribution is 2.20. The zero-order valence-electron chi connectivity index (χ0n) is 14.2. The van der Waals surface area contributed by atoms with Crippen molar-refractivity contribution in [3.63, 3.8) is 0 Å². The SMILES string of the molecule is CCNc1ccc(Br)cc(C(=O)/C=C\c2ccccc2OCC)c1=O. The Morgan fingerprint density at radius 2 is 1.96 bits per heavy atom. The van der Waals surface area contributed by atoms with Gasteiger partial charge in [-0.2, -0.15) is 0 Å². The summed E-state index contributed by atoms with van der Waals surface area (Å²) in [6.45, 7) is 4.94. The third kappa shape index (κ3) is 5.03. The fraction of sp³-hybridized carbons (Fsp3) is 0.200. The molecule has 0 saturated heterocycles. The van der Waals surface area contributed by atoms with Crippen molar-refractivity contribution in [2.45, 2.75) is 13.8 Å². The van der Waals surface area contributed by atoms with Gasteiger partial charge >= 0.3 is 0 Å². The number of para-hydroxylation sites is 1. The van der Waals surface area contributed by atoms with E-state index in [1.165, 1.54) is 6.08 Å². The maximum Gasteiger partial charge on any atom is 0.212 e. The van der Waals surface area contributed by atoms with Crippen LogP contribution >= 0.6 is 15.9 Å². The Morgan fingerprint density at radius 3 is 2.68 bits per heavy atom. The van der Waals surface area contributed by atoms with Crippen molar-refractivity contribution in [1.29, 1.82) is 0 Å². The van der Waals surface area contributed by atoms with Crippen LogP contribution in [0.25, 0.3) is 6.08 Å². The fourth-order valence-electron chi connectivity index (χ4n) is 2.31. The van der Waals surface area contributed by atoms with Crippen LogP contribution in [0.1, 0.15) is 29.8 Å². The number of ether oxygens (including phenoxy) is 1. The molecule has 0 aromatic heterocycles. The molecule has 1 N–H and O–H groups in total. The molecule has 0 aliphatic carbocycles. The van der Waals surface area contributed by atoms with Gasteiger partial charge in [0.1, 0.15) is 5.75 Å². The summed E-state index contributed by atoms with van der Waals surface area (Å²) in [5.74, 6) is 0.344. The highest BCUT2D eigenvalue weighted by Gasteiger charge is 2.11. The van der Waals surface area contributed by atoms with E-state index in [0.717, 1.165) is 5.56 Å². The molecule has 0 bridgehead atoms. The number of hydrogen-bond donors (Lipinski definition) is 1. The predicted molar refractivity (Wildman–Crippen MR) is 106 cm³/mol. The van der Waals surface area contributed by atoms with E-state index in [4.69, 9.17) is 4.74 Å². The summed E-state index contributed by atoms with van der Waals surface area (Å²) in [6, 6.07) is 12.4. The summed E-state index contributed by atoms with van der Waals surface area (Å²) in [4.78, 5) is 25.1. The van der Waals surface area contributed by atoms with Crippen LogP contribution < -0.4 is 15.5 Å². The van der Waals surface area contributed by atoms with E-state index in [-0.39, 0.29) is 16.8 Å². The second-order valence-corrected chi connectivity index (χ2v) is 6.13. The number of hydrogen-bond acceptors (Lipinski definition) is 4. The van der Waals surface area contributed by atoms with Gasteiger partial charge in [0, 0.05) is 16.6 Å². The highest BCUT2D eigenvalue weighted by atomic mass is 79.9. The predicted octanol–water partition coefficient (Wildman–Crippen LogP) is 4.54. The lowest BCUT2D eigenvalue weighted by Crippen LogP contribution is -2.15. The van der Waals surface area contributed by atoms with E-state index in [1.54, 1.807) is 24.3 Å². The Balaban J connectivity index is 2.39. The normalized spacial score (nSPS) is 10.7. The molecule has 0 amide bonds. The quantitative estimate of drug-likeness (QED) is 0.546. The van der Waals surface area contributed by atoms with E-state index in [0.29, 0.717) is 29.1 Å². The van der Waals surface area contributed by atoms with Gasteiger partial charge in [-0.1, -0.05) is 34.1 Å². The number of allylic oxidation sites excluding steroid dienone is 1. The van der Waals surface area contributed by atoms with Gasteiger partial charge in [-0.15, -0.1) is 0 Å². The molecule has 2 aromatic carbocycles. The van der Waals surface area contributed by atoms with Crippen LogP contribution in [-0.4, -0.2) is 18.9 Å². The maximum absolute atomic E-state index is 12.6. The molecule has 0 aliphatic heterocycles. The first kappa shape index (κ1) is 18.9. The summed E-state index contributed by atoms with van der Waals surface area (Å²) in [5.41, 5.74) is 0.981. The monoisotopic (exact) mass is 401 g/mol. The van der Waals surface area contributed by atoms with Crippen LogP contribution in [0, 0.1) is 0 Å². The molecule has 0 aliphatic rings. The second-order valence-electron chi connectivity index (χ2n) is 5.22. The topological polar surface area (TPSA) is 55.4 Å². The van der Waals surface area contributed by atoms with E-state index in [1.807, 2.05) is 38.1 Å². The fourth-order valence-corrected chi connectivity index (χ4v) is 2.67. The summed E-state index contributed by atoms with van der Waals surface area (Å²) in [6.07, 6.45) is 3.07. The minimum atomic E-state index is -0.354. The number of halogens is 1. The van der Waals surface area contributed by atoms with E-state index in [2.05, 4.69) is 21.2 Å². The number of rotatable bonds is 7. The van der Waals surface area contributed by atoms with Crippen molar-refractivity contribution < 1.29 is 9.53 Å². The van der Waals surface area contributed by atoms with Crippen molar-refractivity contribution in [3.8, 4) is 5.75 Å². The zero-order valence-corrected chi connectivity index (χ0v) is 15.8. The molecular weight excluding hydrogens is 382 g/mol. The largest absolute Gasteiger partial charge is 0.493 e. The Kier molecular flexibility index (Phi) is 6.95. The summed E-state index contributed by atoms with van der Waals surface area (Å²) in [5, 5.41) is 2.99. The molecule has 0 heterocycles. The number of carbonyl (C=O) groups excluding carboxylic acids is 1. The number of benzene rings is 1. The first-order chi connectivity index (χ1) is 12.1. The lowest BCUT2D eigenvalue weighted by molar-refractivity contribution is 0.104. The van der Waals surface area contributed by atoms with Crippen molar-refractivity contribution in [1.82, 2.24) is 0 Å². The highest BCUT2D eigenvalue weighted by molar-refractivity contribution is 9.10. The second kappa shape index (κ2) is 9.18. The van der Waals surface area contributed by atoms with Gasteiger partial charge in [0.05, 0.1) is 17.9 Å². The Labute approximate surface area is 155 Å². The maximum atomic E-state index is 12.6. The Hall–Kier alpha value is -2.40. The Morgan fingerprint density at radius 1 is 1.20 bits per heavy atom. The number of ketones is 1. The molecule has 5 heteroatoms. The molecule has 0 fully saturated rings. The van der Waals surface area contributed by atoms with Gasteiger partial charge < -0.3 is 10.1 Å². The molecule has 0 radical (unpaired) electrons. The van der Waals surface area contributed by atoms with Gasteiger partial charge in [-0.05, 0) is 50.3 Å². The average Bonchev–Trinajstić information content (AvgIpc) is 2.75. The van der Waals surface area contributed by atoms with E-state index >= 15 is 0 Å². The standard InChI is InChI=1S/C20H20BrNO3/c1-3-22-17-11-10-15(21)13-16(20(17)24)18(23)12-9-14-7-5-6-8-19(14)25-4-2/h5-13H,3-4H2,1-2H3,(H,22,24)/b12-9-. The summed E-state index contributed by atoms with van der Waals surface area (Å²) < 4.78 is 6.21. The molecule has 130 valence electrons. The van der Waals surface area contributed by atoms with Crippen molar-refractivity contribution in [2.75, 3.05) is 18.5 Å². The van der Waals surface area contributed by atoms with Crippen molar-refractivity contribution in [2.24, 2.45) is 0 Å². The molecule has 2 aromatic rings. The molecule has 0 saturated carbocycles. The van der Waals surface area contributed by atoms with E-state index in [9.17, 15) is 9.59 Å². The average molecular weight is 402 g/mol. The number of carbonyl (C=O) groups is 1. The lowest BCUT2D eigenvalue weighted by atomic mass is 10.1.